The van der Waals surface area contributed by atoms with Crippen LogP contribution in [0.5, 0.6) is 5.75 Å². The van der Waals surface area contributed by atoms with Gasteiger partial charge in [0.05, 0.1) is 11.1 Å². The Labute approximate surface area is 215 Å². The molecule has 3 aromatic carbocycles. The fourth-order valence-corrected chi connectivity index (χ4v) is 4.03. The van der Waals surface area contributed by atoms with Gasteiger partial charge in [-0.25, -0.2) is 13.6 Å². The van der Waals surface area contributed by atoms with Crippen LogP contribution in [0.25, 0.3) is 11.1 Å². The van der Waals surface area contributed by atoms with E-state index in [1.807, 2.05) is 13.8 Å². The fourth-order valence-electron chi connectivity index (χ4n) is 4.03. The Morgan fingerprint density at radius 1 is 1.08 bits per heavy atom. The van der Waals surface area contributed by atoms with Gasteiger partial charge in [0, 0.05) is 17.6 Å². The molecule has 3 N–H and O–H groups in total. The Balaban J connectivity index is 1.61. The zero-order chi connectivity index (χ0) is 27.2. The summed E-state index contributed by atoms with van der Waals surface area (Å²) in [5.41, 5.74) is 1.97. The molecule has 6 nitrogen and oxygen atoms in total. The second-order valence-corrected chi connectivity index (χ2v) is 9.50. The molecule has 0 radical (unpaired) electrons. The molecule has 8 heteroatoms. The Morgan fingerprint density at radius 2 is 1.70 bits per heavy atom. The number of carbonyl (C=O) groups is 1. The van der Waals surface area contributed by atoms with Crippen LogP contribution in [0.3, 0.4) is 0 Å². The number of aliphatic hydroxyl groups excluding tert-OH is 1. The molecule has 1 atom stereocenters. The number of hydrogen-bond acceptors (Lipinski definition) is 5. The Bertz CT molecular complexity index is 1280. The highest BCUT2D eigenvalue weighted by Gasteiger charge is 2.21. The van der Waals surface area contributed by atoms with Crippen LogP contribution in [0.2, 0.25) is 0 Å². The number of nitrogens with one attached hydrogen (secondary N) is 1. The van der Waals surface area contributed by atoms with Crippen molar-refractivity contribution in [3.05, 3.63) is 88.5 Å². The topological polar surface area (TPSA) is 103 Å². The zero-order valence-corrected chi connectivity index (χ0v) is 21.0. The third-order valence-corrected chi connectivity index (χ3v) is 6.02. The maximum absolute atomic E-state index is 14.1. The zero-order valence-electron chi connectivity index (χ0n) is 21.0. The van der Waals surface area contributed by atoms with Crippen molar-refractivity contribution in [3.63, 3.8) is 0 Å². The molecule has 194 valence electrons. The van der Waals surface area contributed by atoms with Gasteiger partial charge in [0.15, 0.2) is 0 Å². The Hall–Kier alpha value is -3.80. The van der Waals surface area contributed by atoms with E-state index in [9.17, 15) is 23.9 Å². The molecule has 37 heavy (non-hydrogen) atoms. The molecule has 3 aromatic rings. The average molecular weight is 509 g/mol. The number of β-amino-alcohol motifs (C(OH)–C–C–N with tert-alkyl or cyclic N) is 1. The summed E-state index contributed by atoms with van der Waals surface area (Å²) in [6.07, 6.45) is -0.293. The highest BCUT2D eigenvalue weighted by atomic mass is 19.1. The van der Waals surface area contributed by atoms with Crippen LogP contribution in [0.4, 0.5) is 8.78 Å². The van der Waals surface area contributed by atoms with Crippen molar-refractivity contribution in [3.8, 4) is 22.9 Å². The average Bonchev–Trinajstić information content (AvgIpc) is 2.85. The molecular weight excluding hydrogens is 478 g/mol. The number of nitriles is 1. The van der Waals surface area contributed by atoms with Crippen LogP contribution < -0.4 is 10.1 Å². The first kappa shape index (κ1) is 27.8. The van der Waals surface area contributed by atoms with Gasteiger partial charge in [-0.3, -0.25) is 0 Å². The van der Waals surface area contributed by atoms with Crippen molar-refractivity contribution in [2.75, 3.05) is 13.2 Å². The number of hydrogen-bond donors (Lipinski definition) is 3. The SMILES string of the molecule is CCc1c(F)cc(CC(C)(C)NCC(O)COc2cc(-c3ccc(C(=O)O)cc3)ccc2C#N)cc1F. The number of aromatic carboxylic acids is 1. The van der Waals surface area contributed by atoms with Crippen LogP contribution in [0, 0.1) is 23.0 Å². The van der Waals surface area contributed by atoms with Gasteiger partial charge in [0.25, 0.3) is 0 Å². The highest BCUT2D eigenvalue weighted by Crippen LogP contribution is 2.28. The largest absolute Gasteiger partial charge is 0.489 e. The molecule has 0 aromatic heterocycles. The third-order valence-electron chi connectivity index (χ3n) is 6.02. The minimum atomic E-state index is -1.02. The van der Waals surface area contributed by atoms with Gasteiger partial charge in [-0.1, -0.05) is 25.1 Å². The van der Waals surface area contributed by atoms with E-state index in [0.717, 1.165) is 11.1 Å². The van der Waals surface area contributed by atoms with Crippen LogP contribution in [0.1, 0.15) is 47.8 Å². The summed E-state index contributed by atoms with van der Waals surface area (Å²) in [5, 5.41) is 32.2. The number of halogens is 2. The van der Waals surface area contributed by atoms with E-state index in [2.05, 4.69) is 11.4 Å². The van der Waals surface area contributed by atoms with E-state index < -0.39 is 29.2 Å². The van der Waals surface area contributed by atoms with Gasteiger partial charge in [-0.15, -0.1) is 0 Å². The maximum atomic E-state index is 14.1. The molecule has 0 bridgehead atoms. The molecule has 0 amide bonds. The molecular formula is C29H30F2N2O4. The summed E-state index contributed by atoms with van der Waals surface area (Å²) >= 11 is 0. The van der Waals surface area contributed by atoms with Gasteiger partial charge >= 0.3 is 5.97 Å². The van der Waals surface area contributed by atoms with Crippen molar-refractivity contribution in [2.45, 2.75) is 45.3 Å². The normalized spacial score (nSPS) is 12.1. The van der Waals surface area contributed by atoms with Crippen molar-refractivity contribution in [2.24, 2.45) is 0 Å². The second-order valence-electron chi connectivity index (χ2n) is 9.50. The van der Waals surface area contributed by atoms with Crippen molar-refractivity contribution in [1.29, 1.82) is 5.26 Å². The first-order valence-electron chi connectivity index (χ1n) is 11.9. The lowest BCUT2D eigenvalue weighted by Crippen LogP contribution is -2.46. The smallest absolute Gasteiger partial charge is 0.335 e. The summed E-state index contributed by atoms with van der Waals surface area (Å²) in [7, 11) is 0. The van der Waals surface area contributed by atoms with Gasteiger partial charge < -0.3 is 20.3 Å². The highest BCUT2D eigenvalue weighted by molar-refractivity contribution is 5.88. The van der Waals surface area contributed by atoms with Crippen LogP contribution in [-0.4, -0.2) is 41.0 Å². The van der Waals surface area contributed by atoms with Gasteiger partial charge in [-0.2, -0.15) is 5.26 Å². The van der Waals surface area contributed by atoms with Gasteiger partial charge in [0.1, 0.15) is 36.2 Å². The number of benzene rings is 3. The molecule has 3 rings (SSSR count). The van der Waals surface area contributed by atoms with Crippen molar-refractivity contribution >= 4 is 5.97 Å². The van der Waals surface area contributed by atoms with E-state index in [1.54, 1.807) is 37.3 Å². The summed E-state index contributed by atoms with van der Waals surface area (Å²) in [4.78, 5) is 11.1. The van der Waals surface area contributed by atoms with Crippen molar-refractivity contribution < 1.29 is 28.5 Å². The lowest BCUT2D eigenvalue weighted by Gasteiger charge is -2.28. The molecule has 0 saturated carbocycles. The number of carboxylic acids is 1. The molecule has 0 aliphatic heterocycles. The fraction of sp³-hybridized carbons (Fsp3) is 0.310. The monoisotopic (exact) mass is 508 g/mol. The predicted molar refractivity (Wildman–Crippen MR) is 137 cm³/mol. The third kappa shape index (κ3) is 7.35. The maximum Gasteiger partial charge on any atom is 0.335 e. The van der Waals surface area contributed by atoms with E-state index in [4.69, 9.17) is 9.84 Å². The van der Waals surface area contributed by atoms with E-state index in [1.165, 1.54) is 24.3 Å². The first-order chi connectivity index (χ1) is 17.5. The minimum Gasteiger partial charge on any atom is -0.489 e. The molecule has 0 heterocycles. The van der Waals surface area contributed by atoms with Crippen molar-refractivity contribution in [1.82, 2.24) is 5.32 Å². The molecule has 0 saturated heterocycles. The van der Waals surface area contributed by atoms with E-state index in [-0.39, 0.29) is 30.7 Å². The second kappa shape index (κ2) is 12.0. The number of rotatable bonds is 11. The van der Waals surface area contributed by atoms with Crippen LogP contribution in [0.15, 0.2) is 54.6 Å². The molecule has 0 spiro atoms. The number of ether oxygens (including phenoxy) is 1. The van der Waals surface area contributed by atoms with Gasteiger partial charge in [0.2, 0.25) is 0 Å². The Kier molecular flexibility index (Phi) is 8.98. The summed E-state index contributed by atoms with van der Waals surface area (Å²) in [5.74, 6) is -1.84. The first-order valence-corrected chi connectivity index (χ1v) is 11.9. The summed E-state index contributed by atoms with van der Waals surface area (Å²) in [6.45, 7) is 5.51. The molecule has 1 unspecified atom stereocenters. The van der Waals surface area contributed by atoms with Crippen LogP contribution >= 0.6 is 0 Å². The van der Waals surface area contributed by atoms with Crippen LogP contribution in [-0.2, 0) is 12.8 Å². The summed E-state index contributed by atoms with van der Waals surface area (Å²) in [6, 6.07) is 16.1. The quantitative estimate of drug-likeness (QED) is 0.333. The lowest BCUT2D eigenvalue weighted by atomic mass is 9.93. The Morgan fingerprint density at radius 3 is 2.27 bits per heavy atom. The van der Waals surface area contributed by atoms with E-state index in [0.29, 0.717) is 23.3 Å². The van der Waals surface area contributed by atoms with Gasteiger partial charge in [-0.05, 0) is 79.8 Å². The summed E-state index contributed by atoms with van der Waals surface area (Å²) < 4.78 is 34.0. The standard InChI is InChI=1S/C29H30F2N2O4/c1-4-24-25(30)11-18(12-26(24)31)14-29(2,3)33-16-23(34)17-37-27-13-21(9-10-22(27)15-32)19-5-7-20(8-6-19)28(35)36/h5-13,23,33-34H,4,14,16-17H2,1-3H3,(H,35,36). The molecule has 0 fully saturated rings. The molecule has 0 aliphatic carbocycles. The lowest BCUT2D eigenvalue weighted by molar-refractivity contribution is 0.0697. The number of nitrogens with zero attached hydrogens (tertiary/aromatic N) is 1. The number of aliphatic hydroxyl groups is 1. The van der Waals surface area contributed by atoms with E-state index >= 15 is 0 Å². The molecule has 0 aliphatic rings. The minimum absolute atomic E-state index is 0.0696. The predicted octanol–water partition coefficient (Wildman–Crippen LogP) is 5.11. The number of carboxylic acid groups (broad SMARTS) is 1.